The number of likely N-dealkylation sites (N-methyl/N-ethyl adjacent to an activating group) is 2. The number of hydrogen-bond donors (Lipinski definition) is 4. The number of carbonyl (C=O) groups is 3. The molecule has 8 atom stereocenters. The van der Waals surface area contributed by atoms with Gasteiger partial charge in [-0.2, -0.15) is 0 Å². The summed E-state index contributed by atoms with van der Waals surface area (Å²) in [5, 5.41) is 27.5. The maximum Gasteiger partial charge on any atom is 0.281 e. The number of benzene rings is 4. The molecule has 15 nitrogen and oxygen atoms in total. The summed E-state index contributed by atoms with van der Waals surface area (Å²) in [7, 11) is -5.93. The van der Waals surface area contributed by atoms with E-state index in [-0.39, 0.29) is 61.0 Å². The van der Waals surface area contributed by atoms with E-state index in [2.05, 4.69) is 10.6 Å². The molecule has 4 aromatic carbocycles. The Bertz CT molecular complexity index is 3010. The number of likely N-dealkylation sites (tertiary alicyclic amines) is 2. The summed E-state index contributed by atoms with van der Waals surface area (Å²) in [6, 6.07) is 16.5. The zero-order valence-corrected chi connectivity index (χ0v) is 47.2. The van der Waals surface area contributed by atoms with Gasteiger partial charge in [0.05, 0.1) is 24.3 Å². The minimum absolute atomic E-state index is 0.116. The molecule has 0 radical (unpaired) electrons. The topological polar surface area (TPSA) is 197 Å². The van der Waals surface area contributed by atoms with Crippen LogP contribution in [0.25, 0.3) is 0 Å². The lowest BCUT2D eigenvalue weighted by atomic mass is 9.51. The van der Waals surface area contributed by atoms with E-state index < -0.39 is 182 Å². The van der Waals surface area contributed by atoms with Crippen molar-refractivity contribution in [2.45, 2.75) is 74.3 Å². The molecule has 4 fully saturated rings. The molecule has 4 N–H and O–H groups in total. The van der Waals surface area contributed by atoms with E-state index in [1.54, 1.807) is 0 Å². The normalized spacial score (nSPS) is 27.7. The number of sulfonamides is 2. The van der Waals surface area contributed by atoms with Crippen molar-refractivity contribution < 1.29 is 67.8 Å². The molecule has 0 spiro atoms. The third-order valence-electron chi connectivity index (χ3n) is 17.6. The van der Waals surface area contributed by atoms with Crippen LogP contribution in [-0.2, 0) is 24.8 Å². The standard InChI is InChI=1S/C57H70F6N6O9S2/c1-35-43(19-9-21-47(35)58)49-45(51(72)37-13-7-17-41(70)29-37)33-68(27-25-66(3)79(5,75)76)54(56(49,60)61,39-15-11-23-64-31-39)53(74)55(40-16-12-24-65-32-40)57(62,63)50(44-20-10-22-48(59)36(44)2)46(52(73)38-14-8-18-42(71)30-38)34-69(55)28-26-67(4)80(6,77)78/h7-10,13-14,17-22,29-30,39-40,45-46,49-50,64-65,70-71H,11-12,15-16,23-28,31-34H2,1-6H3/t39?,40?,45-,46-,49-,50-,54+,55+/m0/s1. The van der Waals surface area contributed by atoms with E-state index in [1.807, 2.05) is 0 Å². The minimum Gasteiger partial charge on any atom is -0.508 e. The lowest BCUT2D eigenvalue weighted by Gasteiger charge is -2.66. The van der Waals surface area contributed by atoms with Crippen molar-refractivity contribution in [2.75, 3.05) is 92.1 Å². The molecule has 4 aliphatic heterocycles. The van der Waals surface area contributed by atoms with Crippen LogP contribution in [-0.4, -0.2) is 178 Å². The third kappa shape index (κ3) is 10.7. The van der Waals surface area contributed by atoms with Crippen LogP contribution in [0.5, 0.6) is 11.5 Å². The summed E-state index contributed by atoms with van der Waals surface area (Å²) in [5.41, 5.74) is -9.09. The number of phenolic OH excluding ortho intramolecular Hbond substituents is 2. The Morgan fingerprint density at radius 3 is 1.30 bits per heavy atom. The molecule has 4 aromatic rings. The molecule has 0 aromatic heterocycles. The van der Waals surface area contributed by atoms with Gasteiger partial charge in [0.1, 0.15) is 23.1 Å². The fraction of sp³-hybridized carbons (Fsp3) is 0.526. The van der Waals surface area contributed by atoms with Crippen molar-refractivity contribution >= 4 is 37.4 Å². The van der Waals surface area contributed by atoms with Crippen molar-refractivity contribution in [1.82, 2.24) is 29.0 Å². The van der Waals surface area contributed by atoms with Gasteiger partial charge in [-0.1, -0.05) is 48.5 Å². The van der Waals surface area contributed by atoms with Crippen molar-refractivity contribution in [2.24, 2.45) is 23.7 Å². The van der Waals surface area contributed by atoms with E-state index in [0.29, 0.717) is 0 Å². The number of rotatable bonds is 18. The summed E-state index contributed by atoms with van der Waals surface area (Å²) in [4.78, 5) is 50.5. The molecule has 80 heavy (non-hydrogen) atoms. The van der Waals surface area contributed by atoms with Gasteiger partial charge in [0.2, 0.25) is 20.0 Å². The number of alkyl halides is 4. The van der Waals surface area contributed by atoms with Gasteiger partial charge in [-0.05, 0) is 111 Å². The number of piperidine rings is 4. The highest BCUT2D eigenvalue weighted by Crippen LogP contribution is 2.64. The Morgan fingerprint density at radius 2 is 0.975 bits per heavy atom. The molecule has 8 rings (SSSR count). The average Bonchev–Trinajstić information content (AvgIpc) is 3.57. The predicted molar refractivity (Wildman–Crippen MR) is 289 cm³/mol. The maximum atomic E-state index is 20.5. The summed E-state index contributed by atoms with van der Waals surface area (Å²) in [6.45, 7) is -2.36. The van der Waals surface area contributed by atoms with Crippen LogP contribution in [0.15, 0.2) is 84.9 Å². The Morgan fingerprint density at radius 1 is 0.613 bits per heavy atom. The molecule has 0 amide bonds. The van der Waals surface area contributed by atoms with Crippen molar-refractivity contribution in [3.8, 4) is 11.5 Å². The Balaban J connectivity index is 1.53. The number of ketones is 3. The summed E-state index contributed by atoms with van der Waals surface area (Å²) in [5.74, 6) is -28.1. The first-order chi connectivity index (χ1) is 37.5. The quantitative estimate of drug-likeness (QED) is 0.0616. The second-order valence-electron chi connectivity index (χ2n) is 22.2. The molecule has 0 bridgehead atoms. The Labute approximate surface area is 463 Å². The highest BCUT2D eigenvalue weighted by atomic mass is 32.2. The lowest BCUT2D eigenvalue weighted by molar-refractivity contribution is -0.255. The zero-order valence-electron chi connectivity index (χ0n) is 45.6. The highest BCUT2D eigenvalue weighted by Gasteiger charge is 2.82. The third-order valence-corrected chi connectivity index (χ3v) is 20.3. The Hall–Kier alpha value is -5.27. The smallest absolute Gasteiger partial charge is 0.281 e. The molecular weight excluding hydrogens is 1090 g/mol. The second-order valence-corrected chi connectivity index (χ2v) is 26.3. The average molecular weight is 1160 g/mol. The first-order valence-electron chi connectivity index (χ1n) is 26.8. The van der Waals surface area contributed by atoms with Crippen LogP contribution >= 0.6 is 0 Å². The van der Waals surface area contributed by atoms with Crippen LogP contribution in [0.3, 0.4) is 0 Å². The SMILES string of the molecule is Cc1c(F)cccc1[C@H]1[C@@H](C(=O)c2cccc(O)c2)CN(CCN(C)S(C)(=O)=O)[C@@](C(=O)[C@@]2(C3CCCNC3)N(CCN(C)S(C)(=O)=O)C[C@H](C(=O)c3cccc(O)c3)[C@H](c3cccc(F)c3C)C2(F)F)(C2CCCNC2)C1(F)F. The van der Waals surface area contributed by atoms with Gasteiger partial charge >= 0.3 is 0 Å². The number of aromatic hydroxyl groups is 2. The van der Waals surface area contributed by atoms with Gasteiger partial charge in [-0.3, -0.25) is 24.2 Å². The molecule has 23 heteroatoms. The molecule has 4 aliphatic rings. The van der Waals surface area contributed by atoms with Crippen LogP contribution < -0.4 is 10.6 Å². The fourth-order valence-electron chi connectivity index (χ4n) is 13.5. The summed E-state index contributed by atoms with van der Waals surface area (Å²) >= 11 is 0. The predicted octanol–water partition coefficient (Wildman–Crippen LogP) is 6.59. The van der Waals surface area contributed by atoms with Crippen molar-refractivity contribution in [1.29, 1.82) is 0 Å². The van der Waals surface area contributed by atoms with E-state index in [0.717, 1.165) is 81.4 Å². The van der Waals surface area contributed by atoms with E-state index in [1.165, 1.54) is 62.4 Å². The van der Waals surface area contributed by atoms with Crippen LogP contribution in [0.2, 0.25) is 0 Å². The minimum atomic E-state index is -4.73. The molecular formula is C57H70F6N6O9S2. The molecule has 0 saturated carbocycles. The molecule has 4 saturated heterocycles. The number of nitrogens with zero attached hydrogens (tertiary/aromatic N) is 4. The van der Waals surface area contributed by atoms with Crippen LogP contribution in [0.1, 0.15) is 80.5 Å². The number of nitrogens with one attached hydrogen (secondary N) is 2. The van der Waals surface area contributed by atoms with Gasteiger partial charge in [-0.15, -0.1) is 0 Å². The lowest BCUT2D eigenvalue weighted by Crippen LogP contribution is -2.87. The molecule has 0 aliphatic carbocycles. The number of hydrogen-bond acceptors (Lipinski definition) is 13. The van der Waals surface area contributed by atoms with Gasteiger partial charge in [0, 0.05) is 101 Å². The number of carbonyl (C=O) groups excluding carboxylic acids is 3. The van der Waals surface area contributed by atoms with Gasteiger partial charge in [-0.25, -0.2) is 51.8 Å². The van der Waals surface area contributed by atoms with Gasteiger partial charge < -0.3 is 20.8 Å². The van der Waals surface area contributed by atoms with Crippen LogP contribution in [0, 0.1) is 49.2 Å². The highest BCUT2D eigenvalue weighted by molar-refractivity contribution is 7.88. The van der Waals surface area contributed by atoms with E-state index in [9.17, 15) is 27.0 Å². The number of halogens is 6. The van der Waals surface area contributed by atoms with Crippen LogP contribution in [0.4, 0.5) is 26.3 Å². The van der Waals surface area contributed by atoms with Gasteiger partial charge in [0.25, 0.3) is 11.8 Å². The first-order valence-corrected chi connectivity index (χ1v) is 30.4. The van der Waals surface area contributed by atoms with Crippen molar-refractivity contribution in [3.05, 3.63) is 130 Å². The molecule has 436 valence electrons. The largest absolute Gasteiger partial charge is 0.508 e. The summed E-state index contributed by atoms with van der Waals surface area (Å²) in [6.07, 6.45) is 1.51. The first kappa shape index (κ1) is 60.8. The van der Waals surface area contributed by atoms with Crippen molar-refractivity contribution in [3.63, 3.8) is 0 Å². The number of phenols is 2. The second kappa shape index (κ2) is 23.2. The zero-order chi connectivity index (χ0) is 58.5. The Kier molecular flexibility index (Phi) is 17.6. The number of Topliss-reactive ketones (excluding diaryl/α,β-unsaturated/α-hetero) is 3. The summed E-state index contributed by atoms with van der Waals surface area (Å²) < 4.78 is 169. The maximum absolute atomic E-state index is 20.5. The molecule has 4 heterocycles. The monoisotopic (exact) mass is 1160 g/mol. The van der Waals surface area contributed by atoms with E-state index in [4.69, 9.17) is 0 Å². The molecule has 2 unspecified atom stereocenters. The van der Waals surface area contributed by atoms with Gasteiger partial charge in [0.15, 0.2) is 28.4 Å². The van der Waals surface area contributed by atoms with E-state index >= 15 is 40.7 Å². The fourth-order valence-corrected chi connectivity index (χ4v) is 14.3.